The number of nitrogens with one attached hydrogen (secondary N) is 1. The fourth-order valence-corrected chi connectivity index (χ4v) is 4.92. The van der Waals surface area contributed by atoms with Crippen molar-refractivity contribution < 1.29 is 31.8 Å². The molecule has 2 fully saturated rings. The first-order chi connectivity index (χ1) is 13.7. The third-order valence-corrected chi connectivity index (χ3v) is 6.77. The van der Waals surface area contributed by atoms with Crippen LogP contribution < -0.4 is 4.72 Å². The minimum absolute atomic E-state index is 0.0199. The lowest BCUT2D eigenvalue weighted by Gasteiger charge is -2.26. The highest BCUT2D eigenvalue weighted by Crippen LogP contribution is 2.21. The molecule has 1 aromatic carbocycles. The third kappa shape index (κ3) is 5.28. The molecule has 2 aliphatic rings. The molecular formula is C18H25F2N3O5S. The lowest BCUT2D eigenvalue weighted by Crippen LogP contribution is -2.47. The fraction of sp³-hybridized carbons (Fsp3) is 0.611. The van der Waals surface area contributed by atoms with Gasteiger partial charge in [0.2, 0.25) is 15.9 Å². The number of halogens is 2. The van der Waals surface area contributed by atoms with Gasteiger partial charge in [0.15, 0.2) is 0 Å². The first kappa shape index (κ1) is 22.0. The highest BCUT2D eigenvalue weighted by atomic mass is 32.2. The first-order valence-electron chi connectivity index (χ1n) is 9.42. The van der Waals surface area contributed by atoms with Gasteiger partial charge in [-0.3, -0.25) is 9.69 Å². The number of hydrogen-bond donors (Lipinski definition) is 2. The summed E-state index contributed by atoms with van der Waals surface area (Å²) in [6.07, 6.45) is -0.951. The van der Waals surface area contributed by atoms with E-state index in [0.717, 1.165) is 25.1 Å². The largest absolute Gasteiger partial charge is 0.389 e. The van der Waals surface area contributed by atoms with E-state index in [0.29, 0.717) is 32.2 Å². The first-order valence-corrected chi connectivity index (χ1v) is 10.9. The van der Waals surface area contributed by atoms with Crippen LogP contribution in [-0.4, -0.2) is 86.8 Å². The molecule has 3 unspecified atom stereocenters. The summed E-state index contributed by atoms with van der Waals surface area (Å²) in [7, 11) is -4.29. The van der Waals surface area contributed by atoms with Gasteiger partial charge in [-0.1, -0.05) is 0 Å². The van der Waals surface area contributed by atoms with Crippen LogP contribution in [0.2, 0.25) is 0 Å². The molecule has 0 saturated carbocycles. The second-order valence-corrected chi connectivity index (χ2v) is 9.01. The quantitative estimate of drug-likeness (QED) is 0.674. The minimum Gasteiger partial charge on any atom is -0.389 e. The molecule has 11 heteroatoms. The zero-order chi connectivity index (χ0) is 21.2. The monoisotopic (exact) mass is 433 g/mol. The van der Waals surface area contributed by atoms with Gasteiger partial charge in [-0.25, -0.2) is 21.9 Å². The van der Waals surface area contributed by atoms with Gasteiger partial charge in [0.05, 0.1) is 24.9 Å². The molecular weight excluding hydrogens is 408 g/mol. The topological polar surface area (TPSA) is 99.2 Å². The van der Waals surface area contributed by atoms with Crippen molar-refractivity contribution in [3.63, 3.8) is 0 Å². The molecule has 0 aromatic heterocycles. The molecule has 0 radical (unpaired) electrons. The summed E-state index contributed by atoms with van der Waals surface area (Å²) < 4.78 is 59.5. The van der Waals surface area contributed by atoms with Crippen LogP contribution in [0.3, 0.4) is 0 Å². The Kier molecular flexibility index (Phi) is 6.84. The summed E-state index contributed by atoms with van der Waals surface area (Å²) >= 11 is 0. The maximum absolute atomic E-state index is 13.8. The number of nitrogens with zero attached hydrogens (tertiary/aromatic N) is 2. The van der Waals surface area contributed by atoms with Gasteiger partial charge in [0.1, 0.15) is 16.5 Å². The Bertz CT molecular complexity index is 854. The molecule has 162 valence electrons. The summed E-state index contributed by atoms with van der Waals surface area (Å²) in [6.45, 7) is 4.46. The normalized spacial score (nSPS) is 26.5. The molecule has 1 amide bonds. The number of amides is 1. The van der Waals surface area contributed by atoms with Crippen molar-refractivity contribution in [3.8, 4) is 0 Å². The molecule has 2 aliphatic heterocycles. The SMILES string of the molecule is CC(=O)N1CCCN(CC2OCC(NS(=O)(=O)c3ccc(F)cc3F)C2O)CC1. The Morgan fingerprint density at radius 3 is 2.72 bits per heavy atom. The summed E-state index contributed by atoms with van der Waals surface area (Å²) in [6, 6.07) is 1.23. The molecule has 0 aliphatic carbocycles. The van der Waals surface area contributed by atoms with Gasteiger partial charge < -0.3 is 14.7 Å². The van der Waals surface area contributed by atoms with Gasteiger partial charge in [0.25, 0.3) is 0 Å². The number of sulfonamides is 1. The minimum atomic E-state index is -4.29. The average Bonchev–Trinajstić information content (AvgIpc) is 2.83. The van der Waals surface area contributed by atoms with E-state index >= 15 is 0 Å². The van der Waals surface area contributed by atoms with Gasteiger partial charge in [0, 0.05) is 39.2 Å². The Morgan fingerprint density at radius 2 is 2.03 bits per heavy atom. The maximum Gasteiger partial charge on any atom is 0.243 e. The number of benzene rings is 1. The lowest BCUT2D eigenvalue weighted by molar-refractivity contribution is -0.128. The van der Waals surface area contributed by atoms with Crippen LogP contribution in [-0.2, 0) is 19.6 Å². The molecule has 8 nitrogen and oxygen atoms in total. The van der Waals surface area contributed by atoms with E-state index in [1.165, 1.54) is 6.92 Å². The van der Waals surface area contributed by atoms with E-state index in [1.54, 1.807) is 4.90 Å². The number of aliphatic hydroxyl groups is 1. The zero-order valence-electron chi connectivity index (χ0n) is 16.1. The standard InChI is InChI=1S/C18H25F2N3O5S/c1-12(24)23-6-2-5-22(7-8-23)10-16-18(25)15(11-28-16)21-29(26,27)17-4-3-13(19)9-14(17)20/h3-4,9,15-16,18,21,25H,2,5-8,10-11H2,1H3. The van der Waals surface area contributed by atoms with Crippen molar-refractivity contribution >= 4 is 15.9 Å². The van der Waals surface area contributed by atoms with Gasteiger partial charge in [-0.05, 0) is 25.1 Å². The van der Waals surface area contributed by atoms with Crippen LogP contribution in [0.15, 0.2) is 23.1 Å². The van der Waals surface area contributed by atoms with Crippen molar-refractivity contribution in [2.45, 2.75) is 36.5 Å². The van der Waals surface area contributed by atoms with Gasteiger partial charge >= 0.3 is 0 Å². The Labute approximate surface area is 168 Å². The Balaban J connectivity index is 1.59. The van der Waals surface area contributed by atoms with Crippen molar-refractivity contribution in [2.75, 3.05) is 39.3 Å². The van der Waals surface area contributed by atoms with E-state index in [-0.39, 0.29) is 12.5 Å². The van der Waals surface area contributed by atoms with Gasteiger partial charge in [-0.2, -0.15) is 0 Å². The van der Waals surface area contributed by atoms with E-state index in [1.807, 2.05) is 0 Å². The number of rotatable bonds is 5. The molecule has 3 rings (SSSR count). The van der Waals surface area contributed by atoms with Crippen LogP contribution in [0.5, 0.6) is 0 Å². The number of aliphatic hydroxyl groups excluding tert-OH is 1. The molecule has 1 aromatic rings. The van der Waals surface area contributed by atoms with E-state index in [2.05, 4.69) is 9.62 Å². The van der Waals surface area contributed by atoms with Crippen LogP contribution in [0.25, 0.3) is 0 Å². The van der Waals surface area contributed by atoms with E-state index in [4.69, 9.17) is 4.74 Å². The van der Waals surface area contributed by atoms with Crippen molar-refractivity contribution in [1.82, 2.24) is 14.5 Å². The molecule has 2 saturated heterocycles. The highest BCUT2D eigenvalue weighted by Gasteiger charge is 2.39. The molecule has 2 heterocycles. The predicted octanol–water partition coefficient (Wildman–Crippen LogP) is -0.0744. The smallest absolute Gasteiger partial charge is 0.243 e. The highest BCUT2D eigenvalue weighted by molar-refractivity contribution is 7.89. The number of ether oxygens (including phenoxy) is 1. The lowest BCUT2D eigenvalue weighted by atomic mass is 10.1. The summed E-state index contributed by atoms with van der Waals surface area (Å²) in [5, 5.41) is 10.5. The summed E-state index contributed by atoms with van der Waals surface area (Å²) in [5.41, 5.74) is 0. The molecule has 0 spiro atoms. The van der Waals surface area contributed by atoms with E-state index in [9.17, 15) is 27.1 Å². The third-order valence-electron chi connectivity index (χ3n) is 5.24. The van der Waals surface area contributed by atoms with Crippen molar-refractivity contribution in [2.24, 2.45) is 0 Å². The Hall–Kier alpha value is -1.66. The number of carbonyl (C=O) groups is 1. The molecule has 2 N–H and O–H groups in total. The van der Waals surface area contributed by atoms with Crippen molar-refractivity contribution in [1.29, 1.82) is 0 Å². The molecule has 29 heavy (non-hydrogen) atoms. The summed E-state index contributed by atoms with van der Waals surface area (Å²) in [4.78, 5) is 14.7. The van der Waals surface area contributed by atoms with Gasteiger partial charge in [-0.15, -0.1) is 0 Å². The van der Waals surface area contributed by atoms with Crippen LogP contribution in [0.4, 0.5) is 8.78 Å². The van der Waals surface area contributed by atoms with Crippen LogP contribution >= 0.6 is 0 Å². The van der Waals surface area contributed by atoms with Crippen LogP contribution in [0.1, 0.15) is 13.3 Å². The number of carbonyl (C=O) groups excluding carboxylic acids is 1. The fourth-order valence-electron chi connectivity index (χ4n) is 3.63. The zero-order valence-corrected chi connectivity index (χ0v) is 16.9. The van der Waals surface area contributed by atoms with E-state index < -0.39 is 44.8 Å². The average molecular weight is 433 g/mol. The second kappa shape index (κ2) is 9.00. The predicted molar refractivity (Wildman–Crippen MR) is 99.5 cm³/mol. The van der Waals surface area contributed by atoms with Crippen molar-refractivity contribution in [3.05, 3.63) is 29.8 Å². The number of hydrogen-bond acceptors (Lipinski definition) is 6. The Morgan fingerprint density at radius 1 is 1.28 bits per heavy atom. The molecule has 0 bridgehead atoms. The van der Waals surface area contributed by atoms with Crippen LogP contribution in [0, 0.1) is 11.6 Å². The molecule has 3 atom stereocenters. The summed E-state index contributed by atoms with van der Waals surface area (Å²) in [5.74, 6) is -2.07. The maximum atomic E-state index is 13.8. The second-order valence-electron chi connectivity index (χ2n) is 7.33.